The fourth-order valence-corrected chi connectivity index (χ4v) is 3.66. The number of nitrogens with zero attached hydrogens (tertiary/aromatic N) is 3. The molecule has 0 spiro atoms. The Labute approximate surface area is 171 Å². The number of nitrogens with two attached hydrogens (primary N) is 1. The van der Waals surface area contributed by atoms with Crippen molar-refractivity contribution >= 4 is 39.5 Å². The molecule has 1 aromatic rings. The van der Waals surface area contributed by atoms with Gasteiger partial charge in [-0.15, -0.1) is 12.4 Å². The zero-order valence-corrected chi connectivity index (χ0v) is 17.8. The van der Waals surface area contributed by atoms with E-state index in [2.05, 4.69) is 0 Å². The van der Waals surface area contributed by atoms with Gasteiger partial charge in [0.25, 0.3) is 5.69 Å². The van der Waals surface area contributed by atoms with E-state index in [1.165, 1.54) is 12.1 Å². The lowest BCUT2D eigenvalue weighted by Crippen LogP contribution is -2.54. The Kier molecular flexibility index (Phi) is 8.21. The molecule has 28 heavy (non-hydrogen) atoms. The molecule has 2 N–H and O–H groups in total. The van der Waals surface area contributed by atoms with Crippen molar-refractivity contribution in [2.24, 2.45) is 11.7 Å². The van der Waals surface area contributed by atoms with Gasteiger partial charge in [-0.05, 0) is 18.1 Å². The average molecular weight is 435 g/mol. The molecule has 0 aromatic heterocycles. The quantitative estimate of drug-likeness (QED) is 0.530. The van der Waals surface area contributed by atoms with Crippen molar-refractivity contribution in [3.8, 4) is 0 Å². The first-order chi connectivity index (χ1) is 12.6. The Morgan fingerprint density at radius 2 is 1.86 bits per heavy atom. The Morgan fingerprint density at radius 1 is 1.29 bits per heavy atom. The molecule has 158 valence electrons. The van der Waals surface area contributed by atoms with Crippen molar-refractivity contribution in [2.45, 2.75) is 31.2 Å². The topological polar surface area (TPSA) is 127 Å². The van der Waals surface area contributed by atoms with E-state index >= 15 is 0 Å². The lowest BCUT2D eigenvalue weighted by molar-refractivity contribution is -0.384. The highest BCUT2D eigenvalue weighted by atomic mass is 35.5. The minimum Gasteiger partial charge on any atom is -0.362 e. The van der Waals surface area contributed by atoms with Crippen LogP contribution in [0.5, 0.6) is 0 Å². The van der Waals surface area contributed by atoms with Gasteiger partial charge in [0, 0.05) is 38.5 Å². The van der Waals surface area contributed by atoms with Gasteiger partial charge in [-0.2, -0.15) is 0 Å². The Bertz CT molecular complexity index is 825. The van der Waals surface area contributed by atoms with Crippen LogP contribution in [0.3, 0.4) is 0 Å². The number of benzene rings is 1. The number of nitro benzene ring substituents is 1. The molecule has 1 aromatic carbocycles. The van der Waals surface area contributed by atoms with Crippen LogP contribution in [-0.4, -0.2) is 62.6 Å². The van der Waals surface area contributed by atoms with Gasteiger partial charge in [-0.3, -0.25) is 14.9 Å². The van der Waals surface area contributed by atoms with Crippen molar-refractivity contribution in [3.05, 3.63) is 28.3 Å². The van der Waals surface area contributed by atoms with Crippen LogP contribution in [0.25, 0.3) is 0 Å². The summed E-state index contributed by atoms with van der Waals surface area (Å²) >= 11 is 0. The number of piperazine rings is 1. The largest absolute Gasteiger partial charge is 0.362 e. The normalized spacial score (nSPS) is 16.9. The van der Waals surface area contributed by atoms with Crippen LogP contribution in [-0.2, 0) is 14.6 Å². The van der Waals surface area contributed by atoms with Crippen molar-refractivity contribution in [1.29, 1.82) is 0 Å². The van der Waals surface area contributed by atoms with Crippen molar-refractivity contribution in [1.82, 2.24) is 4.90 Å². The van der Waals surface area contributed by atoms with E-state index in [0.29, 0.717) is 31.9 Å². The Hall–Kier alpha value is -1.91. The predicted octanol–water partition coefficient (Wildman–Crippen LogP) is 1.44. The summed E-state index contributed by atoms with van der Waals surface area (Å²) in [5.41, 5.74) is 6.12. The van der Waals surface area contributed by atoms with E-state index in [-0.39, 0.29) is 34.8 Å². The van der Waals surface area contributed by atoms with Gasteiger partial charge in [0.05, 0.1) is 15.9 Å². The second kappa shape index (κ2) is 9.53. The number of sulfone groups is 1. The van der Waals surface area contributed by atoms with Gasteiger partial charge in [0.2, 0.25) is 5.91 Å². The molecule has 0 saturated carbocycles. The zero-order chi connectivity index (χ0) is 20.4. The smallest absolute Gasteiger partial charge is 0.293 e. The summed E-state index contributed by atoms with van der Waals surface area (Å²) in [4.78, 5) is 26.7. The summed E-state index contributed by atoms with van der Waals surface area (Å²) in [5.74, 6) is -0.0221. The minimum atomic E-state index is -3.54. The van der Waals surface area contributed by atoms with Crippen LogP contribution in [0.4, 0.5) is 11.4 Å². The standard InChI is InChI=1S/C17H26N4O5S.ClH/c1-4-12(2)16(18)17(22)20-9-7-19(8-10-20)14-6-5-13(27(3,25)26)11-15(14)21(23)24;/h5-6,11-12,16H,4,7-10,18H2,1-3H3;1H. The molecule has 2 unspecified atom stereocenters. The van der Waals surface area contributed by atoms with Crippen molar-refractivity contribution < 1.29 is 18.1 Å². The maximum absolute atomic E-state index is 12.5. The molecular formula is C17H27ClN4O5S. The molecule has 1 saturated heterocycles. The number of rotatable bonds is 6. The van der Waals surface area contributed by atoms with Crippen LogP contribution in [0.2, 0.25) is 0 Å². The van der Waals surface area contributed by atoms with Crippen molar-refractivity contribution in [3.63, 3.8) is 0 Å². The first-order valence-corrected chi connectivity index (χ1v) is 10.7. The maximum Gasteiger partial charge on any atom is 0.293 e. The first kappa shape index (κ1) is 24.1. The van der Waals surface area contributed by atoms with Crippen LogP contribution in [0.1, 0.15) is 20.3 Å². The fraction of sp³-hybridized carbons (Fsp3) is 0.588. The van der Waals surface area contributed by atoms with Crippen LogP contribution >= 0.6 is 12.4 Å². The average Bonchev–Trinajstić information content (AvgIpc) is 2.65. The van der Waals surface area contributed by atoms with Crippen molar-refractivity contribution in [2.75, 3.05) is 37.3 Å². The summed E-state index contributed by atoms with van der Waals surface area (Å²) in [6.07, 6.45) is 1.82. The third-order valence-electron chi connectivity index (χ3n) is 5.05. The second-order valence-electron chi connectivity index (χ2n) is 6.90. The molecule has 0 bridgehead atoms. The highest BCUT2D eigenvalue weighted by Crippen LogP contribution is 2.31. The highest BCUT2D eigenvalue weighted by molar-refractivity contribution is 7.90. The van der Waals surface area contributed by atoms with E-state index in [4.69, 9.17) is 5.73 Å². The number of carbonyl (C=O) groups excluding carboxylic acids is 1. The van der Waals surface area contributed by atoms with E-state index in [0.717, 1.165) is 18.7 Å². The second-order valence-corrected chi connectivity index (χ2v) is 8.92. The summed E-state index contributed by atoms with van der Waals surface area (Å²) in [6.45, 7) is 5.57. The SMILES string of the molecule is CCC(C)C(N)C(=O)N1CCN(c2ccc(S(C)(=O)=O)cc2[N+](=O)[O-])CC1.Cl. The highest BCUT2D eigenvalue weighted by Gasteiger charge is 2.30. The van der Waals surface area contributed by atoms with E-state index in [1.54, 1.807) is 9.80 Å². The van der Waals surface area contributed by atoms with E-state index in [9.17, 15) is 23.3 Å². The summed E-state index contributed by atoms with van der Waals surface area (Å²) in [7, 11) is -3.54. The van der Waals surface area contributed by atoms with Gasteiger partial charge in [0.15, 0.2) is 9.84 Å². The molecule has 1 aliphatic rings. The molecule has 1 amide bonds. The van der Waals surface area contributed by atoms with E-state index in [1.807, 2.05) is 13.8 Å². The van der Waals surface area contributed by atoms with Gasteiger partial charge in [-0.25, -0.2) is 8.42 Å². The molecule has 0 radical (unpaired) electrons. The minimum absolute atomic E-state index is 0. The molecule has 1 fully saturated rings. The third-order valence-corrected chi connectivity index (χ3v) is 6.16. The maximum atomic E-state index is 12.5. The molecule has 1 heterocycles. The fourth-order valence-electron chi connectivity index (χ4n) is 3.02. The number of amides is 1. The number of carbonyl (C=O) groups is 1. The summed E-state index contributed by atoms with van der Waals surface area (Å²) < 4.78 is 23.3. The lowest BCUT2D eigenvalue weighted by Gasteiger charge is -2.37. The Balaban J connectivity index is 0.00000392. The summed E-state index contributed by atoms with van der Waals surface area (Å²) in [5, 5.41) is 11.4. The zero-order valence-electron chi connectivity index (χ0n) is 16.2. The van der Waals surface area contributed by atoms with Crippen LogP contribution < -0.4 is 10.6 Å². The number of hydrogen-bond acceptors (Lipinski definition) is 7. The van der Waals surface area contributed by atoms with Gasteiger partial charge < -0.3 is 15.5 Å². The molecule has 2 atom stereocenters. The Morgan fingerprint density at radius 3 is 2.32 bits per heavy atom. The monoisotopic (exact) mass is 434 g/mol. The molecule has 0 aliphatic carbocycles. The number of anilines is 1. The molecule has 2 rings (SSSR count). The molecule has 9 nitrogen and oxygen atoms in total. The first-order valence-electron chi connectivity index (χ1n) is 8.84. The predicted molar refractivity (Wildman–Crippen MR) is 110 cm³/mol. The third kappa shape index (κ3) is 5.33. The molecule has 11 heteroatoms. The lowest BCUT2D eigenvalue weighted by atomic mass is 9.98. The van der Waals surface area contributed by atoms with Crippen LogP contribution in [0.15, 0.2) is 23.1 Å². The number of nitro groups is 1. The summed E-state index contributed by atoms with van der Waals surface area (Å²) in [6, 6.07) is 3.36. The number of halogens is 1. The molecular weight excluding hydrogens is 408 g/mol. The van der Waals surface area contributed by atoms with Gasteiger partial charge >= 0.3 is 0 Å². The van der Waals surface area contributed by atoms with Gasteiger partial charge in [0.1, 0.15) is 5.69 Å². The molecule has 1 aliphatic heterocycles. The van der Waals surface area contributed by atoms with Gasteiger partial charge in [-0.1, -0.05) is 20.3 Å². The van der Waals surface area contributed by atoms with E-state index < -0.39 is 20.8 Å². The number of hydrogen-bond donors (Lipinski definition) is 1. The van der Waals surface area contributed by atoms with Crippen LogP contribution in [0, 0.1) is 16.0 Å².